The summed E-state index contributed by atoms with van der Waals surface area (Å²) in [4.78, 5) is 10.1. The zero-order valence-corrected chi connectivity index (χ0v) is 8.61. The number of furan rings is 1. The summed E-state index contributed by atoms with van der Waals surface area (Å²) in [7, 11) is 0. The minimum atomic E-state index is -0.470. The topological polar surface area (TPSA) is 88.9 Å². The Labute approximate surface area is 95.9 Å². The second kappa shape index (κ2) is 4.48. The molecule has 0 saturated heterocycles. The van der Waals surface area contributed by atoms with Crippen LogP contribution in [0.2, 0.25) is 0 Å². The van der Waals surface area contributed by atoms with Crippen LogP contribution in [-0.2, 0) is 0 Å². The molecule has 0 aliphatic heterocycles. The number of hydrogen-bond donors (Lipinski definition) is 1. The van der Waals surface area contributed by atoms with E-state index in [1.165, 1.54) is 12.1 Å². The molecule has 1 aromatic heterocycles. The fraction of sp³-hybridized carbons (Fsp3) is 0. The number of non-ortho nitro benzene ring substituents is 1. The van der Waals surface area contributed by atoms with E-state index in [4.69, 9.17) is 9.62 Å². The predicted octanol–water partition coefficient (Wildman–Crippen LogP) is 2.66. The molecule has 0 aliphatic carbocycles. The van der Waals surface area contributed by atoms with Crippen molar-refractivity contribution in [3.8, 4) is 11.3 Å². The van der Waals surface area contributed by atoms with E-state index in [1.54, 1.807) is 24.3 Å². The average Bonchev–Trinajstić information content (AvgIpc) is 2.78. The molecular formula is C11H8N2O4. The van der Waals surface area contributed by atoms with Crippen molar-refractivity contribution in [3.63, 3.8) is 0 Å². The number of hydrogen-bond acceptors (Lipinski definition) is 5. The minimum absolute atomic E-state index is 0.00345. The molecule has 0 radical (unpaired) electrons. The van der Waals surface area contributed by atoms with Crippen LogP contribution in [-0.4, -0.2) is 16.3 Å². The van der Waals surface area contributed by atoms with E-state index in [-0.39, 0.29) is 5.69 Å². The van der Waals surface area contributed by atoms with Crippen LogP contribution in [0, 0.1) is 10.1 Å². The summed E-state index contributed by atoms with van der Waals surface area (Å²) in [6.07, 6.45) is 1.14. The molecule has 1 heterocycles. The number of nitro groups is 1. The van der Waals surface area contributed by atoms with Crippen LogP contribution in [0.4, 0.5) is 5.69 Å². The highest BCUT2D eigenvalue weighted by atomic mass is 16.6. The van der Waals surface area contributed by atoms with Crippen molar-refractivity contribution in [3.05, 3.63) is 52.3 Å². The van der Waals surface area contributed by atoms with Crippen molar-refractivity contribution < 1.29 is 14.5 Å². The lowest BCUT2D eigenvalue weighted by molar-refractivity contribution is -0.384. The molecule has 0 unspecified atom stereocenters. The summed E-state index contributed by atoms with van der Waals surface area (Å²) in [5.41, 5.74) is 0.591. The van der Waals surface area contributed by atoms with Gasteiger partial charge >= 0.3 is 0 Å². The van der Waals surface area contributed by atoms with E-state index in [9.17, 15) is 10.1 Å². The summed E-state index contributed by atoms with van der Waals surface area (Å²) >= 11 is 0. The van der Waals surface area contributed by atoms with Crippen molar-refractivity contribution in [1.82, 2.24) is 0 Å². The Morgan fingerprint density at radius 3 is 2.88 bits per heavy atom. The molecule has 1 N–H and O–H groups in total. The third kappa shape index (κ3) is 2.31. The predicted molar refractivity (Wildman–Crippen MR) is 60.2 cm³/mol. The summed E-state index contributed by atoms with van der Waals surface area (Å²) in [5, 5.41) is 21.8. The van der Waals surface area contributed by atoms with Crippen LogP contribution < -0.4 is 0 Å². The largest absolute Gasteiger partial charge is 0.455 e. The van der Waals surface area contributed by atoms with Crippen molar-refractivity contribution >= 4 is 11.9 Å². The van der Waals surface area contributed by atoms with Crippen LogP contribution >= 0.6 is 0 Å². The Hall–Kier alpha value is -2.63. The minimum Gasteiger partial charge on any atom is -0.455 e. The molecule has 6 nitrogen and oxygen atoms in total. The Morgan fingerprint density at radius 2 is 2.18 bits per heavy atom. The lowest BCUT2D eigenvalue weighted by atomic mass is 10.1. The zero-order chi connectivity index (χ0) is 12.3. The van der Waals surface area contributed by atoms with E-state index in [0.29, 0.717) is 17.1 Å². The highest BCUT2D eigenvalue weighted by molar-refractivity contribution is 5.77. The van der Waals surface area contributed by atoms with Gasteiger partial charge in [0, 0.05) is 17.7 Å². The van der Waals surface area contributed by atoms with Gasteiger partial charge < -0.3 is 9.62 Å². The molecule has 0 saturated carbocycles. The average molecular weight is 232 g/mol. The summed E-state index contributed by atoms with van der Waals surface area (Å²) in [6.45, 7) is 0. The number of nitro benzene ring substituents is 1. The molecule has 1 aromatic carbocycles. The van der Waals surface area contributed by atoms with Crippen LogP contribution in [0.1, 0.15) is 5.76 Å². The lowest BCUT2D eigenvalue weighted by Crippen LogP contribution is -1.87. The van der Waals surface area contributed by atoms with Gasteiger partial charge in [-0.1, -0.05) is 17.3 Å². The third-order valence-electron chi connectivity index (χ3n) is 2.15. The first kappa shape index (κ1) is 10.9. The normalized spacial score (nSPS) is 10.8. The van der Waals surface area contributed by atoms with Crippen LogP contribution in [0.3, 0.4) is 0 Å². The van der Waals surface area contributed by atoms with Gasteiger partial charge in [-0.05, 0) is 12.1 Å². The van der Waals surface area contributed by atoms with E-state index in [0.717, 1.165) is 6.21 Å². The fourth-order valence-electron chi connectivity index (χ4n) is 1.41. The number of rotatable bonds is 3. The van der Waals surface area contributed by atoms with E-state index < -0.39 is 4.92 Å². The van der Waals surface area contributed by atoms with E-state index in [1.807, 2.05) is 0 Å². The molecule has 86 valence electrons. The molecule has 6 heteroatoms. The molecule has 17 heavy (non-hydrogen) atoms. The quantitative estimate of drug-likeness (QED) is 0.381. The molecule has 0 spiro atoms. The van der Waals surface area contributed by atoms with Gasteiger partial charge in [-0.25, -0.2) is 0 Å². The molecule has 2 aromatic rings. The zero-order valence-electron chi connectivity index (χ0n) is 8.61. The van der Waals surface area contributed by atoms with Gasteiger partial charge in [0.05, 0.1) is 4.92 Å². The Morgan fingerprint density at radius 1 is 1.35 bits per heavy atom. The van der Waals surface area contributed by atoms with Gasteiger partial charge in [0.15, 0.2) is 0 Å². The molecule has 2 rings (SSSR count). The molecule has 0 amide bonds. The van der Waals surface area contributed by atoms with Crippen molar-refractivity contribution in [2.45, 2.75) is 0 Å². The van der Waals surface area contributed by atoms with Gasteiger partial charge in [-0.15, -0.1) is 0 Å². The molecule has 0 aliphatic rings. The number of nitrogens with zero attached hydrogens (tertiary/aromatic N) is 2. The maximum Gasteiger partial charge on any atom is 0.270 e. The monoisotopic (exact) mass is 232 g/mol. The summed E-state index contributed by atoms with van der Waals surface area (Å²) < 4.78 is 5.31. The van der Waals surface area contributed by atoms with E-state index in [2.05, 4.69) is 5.16 Å². The van der Waals surface area contributed by atoms with Crippen LogP contribution in [0.25, 0.3) is 11.3 Å². The van der Waals surface area contributed by atoms with Crippen molar-refractivity contribution in [2.24, 2.45) is 5.16 Å². The third-order valence-corrected chi connectivity index (χ3v) is 2.15. The van der Waals surface area contributed by atoms with Gasteiger partial charge in [0.1, 0.15) is 17.7 Å². The van der Waals surface area contributed by atoms with Gasteiger partial charge in [-0.2, -0.15) is 0 Å². The molecule has 0 bridgehead atoms. The summed E-state index contributed by atoms with van der Waals surface area (Å²) in [6, 6.07) is 9.35. The second-order valence-electron chi connectivity index (χ2n) is 3.25. The smallest absolute Gasteiger partial charge is 0.270 e. The fourth-order valence-corrected chi connectivity index (χ4v) is 1.41. The summed E-state index contributed by atoms with van der Waals surface area (Å²) in [5.74, 6) is 0.845. The number of benzene rings is 1. The first-order valence-electron chi connectivity index (χ1n) is 4.73. The molecular weight excluding hydrogens is 224 g/mol. The Bertz CT molecular complexity index is 574. The van der Waals surface area contributed by atoms with Crippen molar-refractivity contribution in [2.75, 3.05) is 0 Å². The molecule has 0 fully saturated rings. The number of oxime groups is 1. The standard InChI is InChI=1S/C11H8N2O4/c14-12-7-10-4-5-11(17-10)8-2-1-3-9(6-8)13(15)16/h1-7,14H/b12-7-. The first-order chi connectivity index (χ1) is 8.20. The van der Waals surface area contributed by atoms with E-state index >= 15 is 0 Å². The van der Waals surface area contributed by atoms with Crippen molar-refractivity contribution in [1.29, 1.82) is 0 Å². The Balaban J connectivity index is 2.38. The maximum absolute atomic E-state index is 10.6. The Kier molecular flexibility index (Phi) is 2.87. The van der Waals surface area contributed by atoms with Crippen LogP contribution in [0.5, 0.6) is 0 Å². The second-order valence-corrected chi connectivity index (χ2v) is 3.25. The molecule has 0 atom stereocenters. The van der Waals surface area contributed by atoms with Gasteiger partial charge in [-0.3, -0.25) is 10.1 Å². The lowest BCUT2D eigenvalue weighted by Gasteiger charge is -1.96. The highest BCUT2D eigenvalue weighted by Gasteiger charge is 2.09. The van der Waals surface area contributed by atoms with Gasteiger partial charge in [0.25, 0.3) is 5.69 Å². The van der Waals surface area contributed by atoms with Gasteiger partial charge in [0.2, 0.25) is 0 Å². The van der Waals surface area contributed by atoms with Crippen LogP contribution in [0.15, 0.2) is 46.0 Å². The SMILES string of the molecule is O=[N+]([O-])c1cccc(-c2ccc(/C=N\O)o2)c1. The maximum atomic E-state index is 10.6. The highest BCUT2D eigenvalue weighted by Crippen LogP contribution is 2.25. The first-order valence-corrected chi connectivity index (χ1v) is 4.73.